The zero-order chi connectivity index (χ0) is 18.2. The van der Waals surface area contributed by atoms with Gasteiger partial charge in [0.1, 0.15) is 0 Å². The number of nitrogens with one attached hydrogen (secondary N) is 1. The van der Waals surface area contributed by atoms with Crippen LogP contribution in [-0.4, -0.2) is 29.0 Å². The van der Waals surface area contributed by atoms with Crippen molar-refractivity contribution in [2.45, 2.75) is 32.2 Å². The molecule has 2 aromatic rings. The molecule has 2 amide bonds. The third-order valence-corrected chi connectivity index (χ3v) is 5.11. The van der Waals surface area contributed by atoms with Crippen LogP contribution < -0.4 is 5.32 Å². The molecule has 0 heterocycles. The van der Waals surface area contributed by atoms with Crippen LogP contribution in [-0.2, 0) is 16.1 Å². The molecule has 2 aromatic carbocycles. The first-order valence-corrected chi connectivity index (χ1v) is 9.31. The van der Waals surface area contributed by atoms with Gasteiger partial charge >= 0.3 is 0 Å². The Morgan fingerprint density at radius 3 is 2.44 bits per heavy atom. The number of anilines is 1. The average molecular weight is 356 g/mol. The zero-order valence-electron chi connectivity index (χ0n) is 14.9. The van der Waals surface area contributed by atoms with E-state index in [1.807, 2.05) is 62.4 Å². The standard InChI is InChI=1S/C20H24N2O2S/c1-4-22(16(3)23)13-17-10-6-7-11-18(17)21-20(24)14-25-19-12-8-5-9-15(19)2/h5-12H,4,13-14H2,1-3H3,(H,21,24). The van der Waals surface area contributed by atoms with Gasteiger partial charge in [-0.25, -0.2) is 0 Å². The van der Waals surface area contributed by atoms with E-state index >= 15 is 0 Å². The predicted molar refractivity (Wildman–Crippen MR) is 104 cm³/mol. The predicted octanol–water partition coefficient (Wildman–Crippen LogP) is 4.09. The highest BCUT2D eigenvalue weighted by molar-refractivity contribution is 8.00. The molecule has 25 heavy (non-hydrogen) atoms. The molecule has 0 bridgehead atoms. The summed E-state index contributed by atoms with van der Waals surface area (Å²) in [4.78, 5) is 26.8. The summed E-state index contributed by atoms with van der Waals surface area (Å²) in [7, 11) is 0. The SMILES string of the molecule is CCN(Cc1ccccc1NC(=O)CSc1ccccc1C)C(C)=O. The number of amides is 2. The first-order valence-electron chi connectivity index (χ1n) is 8.33. The van der Waals surface area contributed by atoms with Gasteiger partial charge in [0, 0.05) is 30.6 Å². The van der Waals surface area contributed by atoms with E-state index in [0.29, 0.717) is 18.8 Å². The molecule has 132 valence electrons. The minimum atomic E-state index is -0.0495. The molecule has 0 aliphatic heterocycles. The lowest BCUT2D eigenvalue weighted by Gasteiger charge is -2.21. The zero-order valence-corrected chi connectivity index (χ0v) is 15.7. The van der Waals surface area contributed by atoms with Gasteiger partial charge in [-0.3, -0.25) is 9.59 Å². The number of benzene rings is 2. The van der Waals surface area contributed by atoms with Gasteiger partial charge in [0.25, 0.3) is 0 Å². The fourth-order valence-electron chi connectivity index (χ4n) is 2.48. The molecule has 0 radical (unpaired) electrons. The van der Waals surface area contributed by atoms with Crippen molar-refractivity contribution in [3.8, 4) is 0 Å². The Balaban J connectivity index is 2.01. The minimum absolute atomic E-state index is 0.0266. The highest BCUT2D eigenvalue weighted by Crippen LogP contribution is 2.23. The normalized spacial score (nSPS) is 10.4. The van der Waals surface area contributed by atoms with Gasteiger partial charge < -0.3 is 10.2 Å². The number of aryl methyl sites for hydroxylation is 1. The number of para-hydroxylation sites is 1. The molecule has 0 atom stereocenters. The maximum Gasteiger partial charge on any atom is 0.234 e. The number of carbonyl (C=O) groups is 2. The molecule has 5 heteroatoms. The molecular weight excluding hydrogens is 332 g/mol. The van der Waals surface area contributed by atoms with Crippen LogP contribution in [0.1, 0.15) is 25.0 Å². The van der Waals surface area contributed by atoms with Crippen molar-refractivity contribution >= 4 is 29.3 Å². The Morgan fingerprint density at radius 2 is 1.76 bits per heavy atom. The highest BCUT2D eigenvalue weighted by atomic mass is 32.2. The molecular formula is C20H24N2O2S. The Kier molecular flexibility index (Phi) is 7.07. The average Bonchev–Trinajstić information content (AvgIpc) is 2.60. The third-order valence-electron chi connectivity index (χ3n) is 3.93. The first kappa shape index (κ1) is 19.1. The summed E-state index contributed by atoms with van der Waals surface area (Å²) in [5, 5.41) is 2.97. The lowest BCUT2D eigenvalue weighted by Crippen LogP contribution is -2.28. The Hall–Kier alpha value is -2.27. The first-order chi connectivity index (χ1) is 12.0. The van der Waals surface area contributed by atoms with E-state index in [-0.39, 0.29) is 11.8 Å². The van der Waals surface area contributed by atoms with Gasteiger partial charge in [-0.15, -0.1) is 11.8 Å². The Bertz CT molecular complexity index is 746. The van der Waals surface area contributed by atoms with E-state index in [2.05, 4.69) is 5.32 Å². The van der Waals surface area contributed by atoms with Crippen LogP contribution >= 0.6 is 11.8 Å². The monoisotopic (exact) mass is 356 g/mol. The van der Waals surface area contributed by atoms with Crippen LogP contribution in [0, 0.1) is 6.92 Å². The highest BCUT2D eigenvalue weighted by Gasteiger charge is 2.12. The molecule has 0 saturated carbocycles. The molecule has 4 nitrogen and oxygen atoms in total. The molecule has 0 aromatic heterocycles. The molecule has 0 unspecified atom stereocenters. The van der Waals surface area contributed by atoms with Gasteiger partial charge in [0.15, 0.2) is 0 Å². The second-order valence-corrected chi connectivity index (χ2v) is 6.81. The van der Waals surface area contributed by atoms with Crippen molar-refractivity contribution in [1.29, 1.82) is 0 Å². The van der Waals surface area contributed by atoms with Gasteiger partial charge in [-0.1, -0.05) is 36.4 Å². The summed E-state index contributed by atoms with van der Waals surface area (Å²) >= 11 is 1.53. The molecule has 0 fully saturated rings. The van der Waals surface area contributed by atoms with Crippen molar-refractivity contribution in [2.24, 2.45) is 0 Å². The van der Waals surface area contributed by atoms with Crippen LogP contribution in [0.5, 0.6) is 0 Å². The van der Waals surface area contributed by atoms with Gasteiger partial charge in [0.05, 0.1) is 5.75 Å². The number of hydrogen-bond acceptors (Lipinski definition) is 3. The third kappa shape index (κ3) is 5.64. The Labute approximate surface area is 153 Å². The number of nitrogens with zero attached hydrogens (tertiary/aromatic N) is 1. The van der Waals surface area contributed by atoms with E-state index in [0.717, 1.165) is 16.1 Å². The number of rotatable bonds is 7. The van der Waals surface area contributed by atoms with E-state index < -0.39 is 0 Å². The van der Waals surface area contributed by atoms with Crippen molar-refractivity contribution in [1.82, 2.24) is 4.90 Å². The summed E-state index contributed by atoms with van der Waals surface area (Å²) in [6.45, 7) is 6.68. The molecule has 2 rings (SSSR count). The maximum atomic E-state index is 12.3. The van der Waals surface area contributed by atoms with Crippen LogP contribution in [0.15, 0.2) is 53.4 Å². The number of carbonyl (C=O) groups excluding carboxylic acids is 2. The van der Waals surface area contributed by atoms with Crippen LogP contribution in [0.2, 0.25) is 0 Å². The Morgan fingerprint density at radius 1 is 1.08 bits per heavy atom. The van der Waals surface area contributed by atoms with Crippen molar-refractivity contribution < 1.29 is 9.59 Å². The van der Waals surface area contributed by atoms with E-state index in [1.54, 1.807) is 11.8 Å². The lowest BCUT2D eigenvalue weighted by molar-refractivity contribution is -0.129. The number of hydrogen-bond donors (Lipinski definition) is 1. The summed E-state index contributed by atoms with van der Waals surface area (Å²) in [6, 6.07) is 15.6. The fraction of sp³-hybridized carbons (Fsp3) is 0.300. The molecule has 1 N–H and O–H groups in total. The van der Waals surface area contributed by atoms with E-state index in [9.17, 15) is 9.59 Å². The van der Waals surface area contributed by atoms with Gasteiger partial charge in [-0.2, -0.15) is 0 Å². The van der Waals surface area contributed by atoms with Crippen molar-refractivity contribution in [2.75, 3.05) is 17.6 Å². The number of thioether (sulfide) groups is 1. The van der Waals surface area contributed by atoms with Gasteiger partial charge in [-0.05, 0) is 37.1 Å². The summed E-state index contributed by atoms with van der Waals surface area (Å²) < 4.78 is 0. The maximum absolute atomic E-state index is 12.3. The van der Waals surface area contributed by atoms with Crippen molar-refractivity contribution in [3.63, 3.8) is 0 Å². The summed E-state index contributed by atoms with van der Waals surface area (Å²) in [5.74, 6) is 0.328. The van der Waals surface area contributed by atoms with E-state index in [4.69, 9.17) is 0 Å². The lowest BCUT2D eigenvalue weighted by atomic mass is 10.1. The second kappa shape index (κ2) is 9.28. The second-order valence-electron chi connectivity index (χ2n) is 5.79. The summed E-state index contributed by atoms with van der Waals surface area (Å²) in [5.41, 5.74) is 2.87. The van der Waals surface area contributed by atoms with Gasteiger partial charge in [0.2, 0.25) is 11.8 Å². The van der Waals surface area contributed by atoms with Crippen LogP contribution in [0.4, 0.5) is 5.69 Å². The minimum Gasteiger partial charge on any atom is -0.339 e. The smallest absolute Gasteiger partial charge is 0.234 e. The van der Waals surface area contributed by atoms with Crippen LogP contribution in [0.3, 0.4) is 0 Å². The van der Waals surface area contributed by atoms with E-state index in [1.165, 1.54) is 17.3 Å². The van der Waals surface area contributed by atoms with Crippen LogP contribution in [0.25, 0.3) is 0 Å². The summed E-state index contributed by atoms with van der Waals surface area (Å²) in [6.07, 6.45) is 0. The van der Waals surface area contributed by atoms with Crippen molar-refractivity contribution in [3.05, 3.63) is 59.7 Å². The molecule has 0 saturated heterocycles. The largest absolute Gasteiger partial charge is 0.339 e. The molecule has 0 aliphatic carbocycles. The molecule has 0 spiro atoms. The quantitative estimate of drug-likeness (QED) is 0.760. The fourth-order valence-corrected chi connectivity index (χ4v) is 3.31. The molecule has 0 aliphatic rings. The topological polar surface area (TPSA) is 49.4 Å².